The zero-order valence-corrected chi connectivity index (χ0v) is 13.9. The molecule has 1 aromatic heterocycles. The molecule has 3 rings (SSSR count). The molecule has 0 saturated heterocycles. The number of hydrogen-bond donors (Lipinski definition) is 0. The van der Waals surface area contributed by atoms with Gasteiger partial charge < -0.3 is 4.90 Å². The first-order valence-electron chi connectivity index (χ1n) is 7.69. The highest BCUT2D eigenvalue weighted by Crippen LogP contribution is 2.32. The molecule has 0 N–H and O–H groups in total. The molecule has 22 heavy (non-hydrogen) atoms. The summed E-state index contributed by atoms with van der Waals surface area (Å²) in [6.45, 7) is 7.55. The van der Waals surface area contributed by atoms with Crippen LogP contribution in [0.4, 0.5) is 5.69 Å². The van der Waals surface area contributed by atoms with Crippen molar-refractivity contribution in [3.05, 3.63) is 46.2 Å². The molecule has 0 spiro atoms. The molecule has 0 atom stereocenters. The van der Waals surface area contributed by atoms with Crippen molar-refractivity contribution in [2.75, 3.05) is 11.4 Å². The summed E-state index contributed by atoms with van der Waals surface area (Å²) in [6, 6.07) is 7.67. The molecule has 116 valence electrons. The lowest BCUT2D eigenvalue weighted by molar-refractivity contribution is 0.0979. The number of benzene rings is 1. The van der Waals surface area contributed by atoms with Crippen molar-refractivity contribution in [2.45, 2.75) is 39.7 Å². The van der Waals surface area contributed by atoms with Gasteiger partial charge in [-0.2, -0.15) is 5.10 Å². The fraction of sp³-hybridized carbons (Fsp3) is 0.412. The third-order valence-corrected chi connectivity index (χ3v) is 4.33. The normalized spacial score (nSPS) is 13.8. The van der Waals surface area contributed by atoms with E-state index in [0.29, 0.717) is 29.7 Å². The number of carbonyl (C=O) groups excluding carboxylic acids is 1. The first-order valence-corrected chi connectivity index (χ1v) is 8.07. The van der Waals surface area contributed by atoms with Crippen LogP contribution >= 0.6 is 11.6 Å². The molecule has 5 heteroatoms. The number of aromatic nitrogens is 2. The summed E-state index contributed by atoms with van der Waals surface area (Å²) in [7, 11) is 0. The first kappa shape index (κ1) is 15.1. The summed E-state index contributed by atoms with van der Waals surface area (Å²) in [5.41, 5.74) is 3.70. The van der Waals surface area contributed by atoms with Crippen LogP contribution in [-0.2, 0) is 13.0 Å². The highest BCUT2D eigenvalue weighted by Gasteiger charge is 2.28. The highest BCUT2D eigenvalue weighted by atomic mass is 35.5. The monoisotopic (exact) mass is 317 g/mol. The summed E-state index contributed by atoms with van der Waals surface area (Å²) in [4.78, 5) is 14.8. The average Bonchev–Trinajstić information content (AvgIpc) is 3.10. The standard InChI is InChI=1S/C17H20ClN3O/c1-4-21-16(10-14(19-21)11(2)3)17(22)20-8-7-12-5-6-13(18)9-15(12)20/h5-6,9-11H,4,7-8H2,1-3H3. The van der Waals surface area contributed by atoms with Gasteiger partial charge in [0.2, 0.25) is 0 Å². The Balaban J connectivity index is 1.98. The van der Waals surface area contributed by atoms with Crippen LogP contribution in [-0.4, -0.2) is 22.2 Å². The van der Waals surface area contributed by atoms with E-state index in [2.05, 4.69) is 18.9 Å². The van der Waals surface area contributed by atoms with Gasteiger partial charge in [-0.15, -0.1) is 0 Å². The smallest absolute Gasteiger partial charge is 0.276 e. The molecule has 1 amide bonds. The fourth-order valence-electron chi connectivity index (χ4n) is 2.83. The van der Waals surface area contributed by atoms with Crippen molar-refractivity contribution in [3.63, 3.8) is 0 Å². The Hall–Kier alpha value is -1.81. The number of anilines is 1. The Labute approximate surface area is 135 Å². The topological polar surface area (TPSA) is 38.1 Å². The molecular weight excluding hydrogens is 298 g/mol. The minimum Gasteiger partial charge on any atom is -0.306 e. The molecule has 0 aliphatic carbocycles. The fourth-order valence-corrected chi connectivity index (χ4v) is 3.00. The van der Waals surface area contributed by atoms with E-state index in [4.69, 9.17) is 11.6 Å². The van der Waals surface area contributed by atoms with Gasteiger partial charge in [0.1, 0.15) is 5.69 Å². The Morgan fingerprint density at radius 3 is 2.82 bits per heavy atom. The quantitative estimate of drug-likeness (QED) is 0.861. The Morgan fingerprint density at radius 1 is 1.36 bits per heavy atom. The second kappa shape index (κ2) is 5.76. The maximum absolute atomic E-state index is 13.0. The Bertz CT molecular complexity index is 721. The van der Waals surface area contributed by atoms with Gasteiger partial charge in [0.05, 0.1) is 5.69 Å². The number of aryl methyl sites for hydroxylation is 1. The van der Waals surface area contributed by atoms with Gasteiger partial charge in [-0.3, -0.25) is 9.48 Å². The second-order valence-corrected chi connectivity index (χ2v) is 6.34. The predicted molar refractivity (Wildman–Crippen MR) is 88.8 cm³/mol. The van der Waals surface area contributed by atoms with Crippen LogP contribution in [0.5, 0.6) is 0 Å². The Morgan fingerprint density at radius 2 is 2.14 bits per heavy atom. The van der Waals surface area contributed by atoms with Gasteiger partial charge in [-0.1, -0.05) is 31.5 Å². The van der Waals surface area contributed by atoms with Gasteiger partial charge in [-0.05, 0) is 43.0 Å². The van der Waals surface area contributed by atoms with E-state index in [-0.39, 0.29) is 5.91 Å². The number of nitrogens with zero attached hydrogens (tertiary/aromatic N) is 3. The zero-order valence-electron chi connectivity index (χ0n) is 13.1. The van der Waals surface area contributed by atoms with Crippen molar-refractivity contribution in [3.8, 4) is 0 Å². The maximum atomic E-state index is 13.0. The van der Waals surface area contributed by atoms with E-state index >= 15 is 0 Å². The minimum atomic E-state index is 0.00210. The van der Waals surface area contributed by atoms with Crippen LogP contribution in [0.15, 0.2) is 24.3 Å². The predicted octanol–water partition coefficient (Wildman–Crippen LogP) is 3.88. The number of carbonyl (C=O) groups is 1. The molecule has 0 fully saturated rings. The molecule has 0 radical (unpaired) electrons. The molecule has 0 saturated carbocycles. The summed E-state index contributed by atoms with van der Waals surface area (Å²) < 4.78 is 1.79. The van der Waals surface area contributed by atoms with E-state index in [1.807, 2.05) is 36.1 Å². The molecule has 1 aromatic carbocycles. The van der Waals surface area contributed by atoms with Crippen LogP contribution in [0, 0.1) is 0 Å². The molecule has 2 aromatic rings. The van der Waals surface area contributed by atoms with Gasteiger partial charge in [-0.25, -0.2) is 0 Å². The van der Waals surface area contributed by atoms with Crippen molar-refractivity contribution < 1.29 is 4.79 Å². The van der Waals surface area contributed by atoms with Crippen LogP contribution in [0.2, 0.25) is 5.02 Å². The van der Waals surface area contributed by atoms with E-state index in [1.165, 1.54) is 5.56 Å². The summed E-state index contributed by atoms with van der Waals surface area (Å²) >= 11 is 6.09. The molecule has 0 unspecified atom stereocenters. The van der Waals surface area contributed by atoms with Gasteiger partial charge >= 0.3 is 0 Å². The van der Waals surface area contributed by atoms with E-state index in [0.717, 1.165) is 17.8 Å². The molecule has 4 nitrogen and oxygen atoms in total. The average molecular weight is 318 g/mol. The number of rotatable bonds is 3. The van der Waals surface area contributed by atoms with Crippen LogP contribution < -0.4 is 4.90 Å². The number of amides is 1. The highest BCUT2D eigenvalue weighted by molar-refractivity contribution is 6.31. The third kappa shape index (κ3) is 2.52. The molecule has 2 heterocycles. The van der Waals surface area contributed by atoms with E-state index in [9.17, 15) is 4.79 Å². The maximum Gasteiger partial charge on any atom is 0.276 e. The van der Waals surface area contributed by atoms with Gasteiger partial charge in [0.25, 0.3) is 5.91 Å². The van der Waals surface area contributed by atoms with Gasteiger partial charge in [0, 0.05) is 23.8 Å². The Kier molecular flexibility index (Phi) is 3.96. The zero-order chi connectivity index (χ0) is 15.9. The first-order chi connectivity index (χ1) is 10.5. The third-order valence-electron chi connectivity index (χ3n) is 4.10. The molecule has 0 bridgehead atoms. The van der Waals surface area contributed by atoms with Crippen molar-refractivity contribution in [2.24, 2.45) is 0 Å². The lowest BCUT2D eigenvalue weighted by Crippen LogP contribution is -2.30. The van der Waals surface area contributed by atoms with Crippen molar-refractivity contribution in [1.29, 1.82) is 0 Å². The van der Waals surface area contributed by atoms with Crippen LogP contribution in [0.3, 0.4) is 0 Å². The summed E-state index contributed by atoms with van der Waals surface area (Å²) in [6.07, 6.45) is 0.871. The molecular formula is C17H20ClN3O. The minimum absolute atomic E-state index is 0.00210. The SMILES string of the molecule is CCn1nc(C(C)C)cc1C(=O)N1CCc2ccc(Cl)cc21. The number of halogens is 1. The van der Waals surface area contributed by atoms with Crippen molar-refractivity contribution in [1.82, 2.24) is 9.78 Å². The van der Waals surface area contributed by atoms with Crippen LogP contribution in [0.1, 0.15) is 48.4 Å². The summed E-state index contributed by atoms with van der Waals surface area (Å²) in [5, 5.41) is 5.20. The summed E-state index contributed by atoms with van der Waals surface area (Å²) in [5.74, 6) is 0.307. The lowest BCUT2D eigenvalue weighted by Gasteiger charge is -2.17. The number of fused-ring (bicyclic) bond motifs is 1. The lowest BCUT2D eigenvalue weighted by atomic mass is 10.1. The number of hydrogen-bond acceptors (Lipinski definition) is 2. The van der Waals surface area contributed by atoms with Crippen molar-refractivity contribution >= 4 is 23.2 Å². The molecule has 1 aliphatic heterocycles. The molecule has 1 aliphatic rings. The van der Waals surface area contributed by atoms with Gasteiger partial charge in [0.15, 0.2) is 0 Å². The van der Waals surface area contributed by atoms with Crippen LogP contribution in [0.25, 0.3) is 0 Å². The van der Waals surface area contributed by atoms with E-state index in [1.54, 1.807) is 4.68 Å². The largest absolute Gasteiger partial charge is 0.306 e. The second-order valence-electron chi connectivity index (χ2n) is 5.90. The van der Waals surface area contributed by atoms with E-state index < -0.39 is 0 Å².